The molecule has 0 saturated carbocycles. The number of anilines is 1. The van der Waals surface area contributed by atoms with Gasteiger partial charge in [-0.15, -0.1) is 22.7 Å². The summed E-state index contributed by atoms with van der Waals surface area (Å²) in [5.41, 5.74) is 0.941. The molecule has 1 N–H and O–H groups in total. The zero-order valence-corrected chi connectivity index (χ0v) is 15.0. The maximum atomic E-state index is 12.8. The van der Waals surface area contributed by atoms with Crippen LogP contribution in [0.15, 0.2) is 17.5 Å². The number of aromatic nitrogens is 1. The summed E-state index contributed by atoms with van der Waals surface area (Å²) in [5.74, 6) is -0.217. The molecule has 2 atom stereocenters. The van der Waals surface area contributed by atoms with Crippen LogP contribution in [0.5, 0.6) is 0 Å². The minimum absolute atomic E-state index is 0.0588. The smallest absolute Gasteiger partial charge is 0.231 e. The Morgan fingerprint density at radius 1 is 1.43 bits per heavy atom. The molecule has 3 heterocycles. The first-order valence-corrected chi connectivity index (χ1v) is 9.21. The van der Waals surface area contributed by atoms with Crippen LogP contribution in [-0.4, -0.2) is 28.7 Å². The molecule has 1 fully saturated rings. The Morgan fingerprint density at radius 2 is 2.22 bits per heavy atom. The van der Waals surface area contributed by atoms with Crippen molar-refractivity contribution in [1.29, 1.82) is 0 Å². The average molecular weight is 349 g/mol. The van der Waals surface area contributed by atoms with Crippen molar-refractivity contribution in [3.8, 4) is 0 Å². The molecule has 1 aliphatic heterocycles. The van der Waals surface area contributed by atoms with Crippen molar-refractivity contribution in [2.24, 2.45) is 5.92 Å². The van der Waals surface area contributed by atoms with Crippen LogP contribution < -0.4 is 5.32 Å². The van der Waals surface area contributed by atoms with Crippen LogP contribution in [0.2, 0.25) is 0 Å². The highest BCUT2D eigenvalue weighted by Gasteiger charge is 2.39. The Kier molecular flexibility index (Phi) is 4.50. The Morgan fingerprint density at radius 3 is 2.83 bits per heavy atom. The average Bonchev–Trinajstić information content (AvgIpc) is 3.12. The fourth-order valence-electron chi connectivity index (χ4n) is 2.89. The Bertz CT molecular complexity index is 704. The van der Waals surface area contributed by atoms with Gasteiger partial charge in [0.1, 0.15) is 0 Å². The Balaban J connectivity index is 1.83. The van der Waals surface area contributed by atoms with Crippen molar-refractivity contribution in [2.45, 2.75) is 32.7 Å². The molecule has 0 unspecified atom stereocenters. The largest absolute Gasteiger partial charge is 0.337 e. The van der Waals surface area contributed by atoms with Gasteiger partial charge in [0, 0.05) is 23.2 Å². The van der Waals surface area contributed by atoms with Crippen LogP contribution in [0.1, 0.15) is 34.3 Å². The second kappa shape index (κ2) is 6.41. The number of likely N-dealkylation sites (tertiary alicyclic amines) is 1. The summed E-state index contributed by atoms with van der Waals surface area (Å²) in [7, 11) is 1.78. The second-order valence-corrected chi connectivity index (χ2v) is 7.94. The van der Waals surface area contributed by atoms with E-state index in [4.69, 9.17) is 0 Å². The van der Waals surface area contributed by atoms with E-state index < -0.39 is 0 Å². The Hall–Kier alpha value is -1.73. The molecule has 2 amide bonds. The lowest BCUT2D eigenvalue weighted by molar-refractivity contribution is -0.140. The quantitative estimate of drug-likeness (QED) is 0.924. The van der Waals surface area contributed by atoms with Gasteiger partial charge in [0.25, 0.3) is 0 Å². The molecule has 0 radical (unpaired) electrons. The molecular weight excluding hydrogens is 330 g/mol. The summed E-state index contributed by atoms with van der Waals surface area (Å²) in [6.45, 7) is 3.92. The molecule has 5 nitrogen and oxygen atoms in total. The van der Waals surface area contributed by atoms with E-state index >= 15 is 0 Å². The zero-order chi connectivity index (χ0) is 16.6. The van der Waals surface area contributed by atoms with Gasteiger partial charge in [-0.1, -0.05) is 6.07 Å². The maximum absolute atomic E-state index is 12.8. The number of amides is 2. The van der Waals surface area contributed by atoms with Crippen LogP contribution in [0.25, 0.3) is 0 Å². The first-order chi connectivity index (χ1) is 11.0. The SMILES string of the molecule is Cc1nc(NC(=O)[C@H]2CCC(=O)N(C)[C@H]2c2cccs2)sc1C. The normalized spacial score (nSPS) is 21.5. The standard InChI is InChI=1S/C16H19N3O2S2/c1-9-10(2)23-16(17-9)18-15(21)11-6-7-13(20)19(3)14(11)12-5-4-8-22-12/h4-5,8,11,14H,6-7H2,1-3H3,(H,17,18,21)/t11-,14+/m0/s1. The number of carbonyl (C=O) groups is 2. The molecule has 2 aromatic rings. The number of aryl methyl sites for hydroxylation is 2. The van der Waals surface area contributed by atoms with E-state index in [0.29, 0.717) is 18.0 Å². The van der Waals surface area contributed by atoms with Gasteiger partial charge < -0.3 is 10.2 Å². The van der Waals surface area contributed by atoms with Gasteiger partial charge in [-0.25, -0.2) is 4.98 Å². The summed E-state index contributed by atoms with van der Waals surface area (Å²) in [5, 5.41) is 5.55. The monoisotopic (exact) mass is 349 g/mol. The van der Waals surface area contributed by atoms with Crippen LogP contribution in [0.3, 0.4) is 0 Å². The third kappa shape index (κ3) is 3.16. The predicted octanol–water partition coefficient (Wildman–Crippen LogP) is 3.37. The topological polar surface area (TPSA) is 62.3 Å². The fraction of sp³-hybridized carbons (Fsp3) is 0.438. The van der Waals surface area contributed by atoms with Crippen LogP contribution in [0.4, 0.5) is 5.13 Å². The van der Waals surface area contributed by atoms with Gasteiger partial charge in [-0.2, -0.15) is 0 Å². The minimum atomic E-state index is -0.249. The zero-order valence-electron chi connectivity index (χ0n) is 13.3. The van der Waals surface area contributed by atoms with Gasteiger partial charge in [-0.3, -0.25) is 9.59 Å². The molecule has 3 rings (SSSR count). The van der Waals surface area contributed by atoms with E-state index in [-0.39, 0.29) is 23.8 Å². The Labute approximate surface area is 143 Å². The van der Waals surface area contributed by atoms with E-state index in [0.717, 1.165) is 15.4 Å². The van der Waals surface area contributed by atoms with Gasteiger partial charge in [0.2, 0.25) is 11.8 Å². The molecule has 0 bridgehead atoms. The molecule has 122 valence electrons. The minimum Gasteiger partial charge on any atom is -0.337 e. The first-order valence-electron chi connectivity index (χ1n) is 7.51. The second-order valence-electron chi connectivity index (χ2n) is 5.76. The number of thiazole rings is 1. The van der Waals surface area contributed by atoms with E-state index in [1.807, 2.05) is 31.4 Å². The lowest BCUT2D eigenvalue weighted by Crippen LogP contribution is -2.44. The molecule has 1 aliphatic rings. The highest BCUT2D eigenvalue weighted by Crippen LogP contribution is 2.38. The number of carbonyl (C=O) groups excluding carboxylic acids is 2. The van der Waals surface area contributed by atoms with Crippen molar-refractivity contribution in [3.05, 3.63) is 33.0 Å². The summed E-state index contributed by atoms with van der Waals surface area (Å²) in [6.07, 6.45) is 0.979. The van der Waals surface area contributed by atoms with Crippen molar-refractivity contribution >= 4 is 39.6 Å². The van der Waals surface area contributed by atoms with E-state index in [1.165, 1.54) is 11.3 Å². The molecule has 0 spiro atoms. The van der Waals surface area contributed by atoms with Crippen molar-refractivity contribution in [2.75, 3.05) is 12.4 Å². The summed E-state index contributed by atoms with van der Waals surface area (Å²) < 4.78 is 0. The molecule has 0 aliphatic carbocycles. The van der Waals surface area contributed by atoms with Gasteiger partial charge in [0.05, 0.1) is 17.7 Å². The summed E-state index contributed by atoms with van der Waals surface area (Å²) in [6, 6.07) is 3.75. The highest BCUT2D eigenvalue weighted by molar-refractivity contribution is 7.15. The van der Waals surface area contributed by atoms with Gasteiger partial charge in [-0.05, 0) is 31.7 Å². The number of nitrogens with one attached hydrogen (secondary N) is 1. The predicted molar refractivity (Wildman–Crippen MR) is 92.8 cm³/mol. The van der Waals surface area contributed by atoms with Crippen LogP contribution >= 0.6 is 22.7 Å². The summed E-state index contributed by atoms with van der Waals surface area (Å²) in [4.78, 5) is 33.1. The fourth-order valence-corrected chi connectivity index (χ4v) is 4.64. The molecule has 7 heteroatoms. The van der Waals surface area contributed by atoms with E-state index in [1.54, 1.807) is 23.3 Å². The van der Waals surface area contributed by atoms with Gasteiger partial charge >= 0.3 is 0 Å². The third-order valence-corrected chi connectivity index (χ3v) is 6.22. The van der Waals surface area contributed by atoms with Crippen LogP contribution in [-0.2, 0) is 9.59 Å². The molecular formula is C16H19N3O2S2. The number of thiophene rings is 1. The number of rotatable bonds is 3. The van der Waals surface area contributed by atoms with E-state index in [9.17, 15) is 9.59 Å². The molecule has 0 aromatic carbocycles. The number of nitrogens with zero attached hydrogens (tertiary/aromatic N) is 2. The molecule has 1 saturated heterocycles. The van der Waals surface area contributed by atoms with Crippen molar-refractivity contribution in [3.63, 3.8) is 0 Å². The summed E-state index contributed by atoms with van der Waals surface area (Å²) >= 11 is 3.07. The lowest BCUT2D eigenvalue weighted by atomic mass is 9.87. The lowest BCUT2D eigenvalue weighted by Gasteiger charge is -2.37. The number of piperidine rings is 1. The number of hydrogen-bond donors (Lipinski definition) is 1. The first kappa shape index (κ1) is 16.1. The highest BCUT2D eigenvalue weighted by atomic mass is 32.1. The maximum Gasteiger partial charge on any atom is 0.231 e. The molecule has 23 heavy (non-hydrogen) atoms. The number of hydrogen-bond acceptors (Lipinski definition) is 5. The van der Waals surface area contributed by atoms with E-state index in [2.05, 4.69) is 10.3 Å². The van der Waals surface area contributed by atoms with Crippen molar-refractivity contribution in [1.82, 2.24) is 9.88 Å². The van der Waals surface area contributed by atoms with Crippen molar-refractivity contribution < 1.29 is 9.59 Å². The van der Waals surface area contributed by atoms with Crippen LogP contribution in [0, 0.1) is 19.8 Å². The van der Waals surface area contributed by atoms with Gasteiger partial charge in [0.15, 0.2) is 5.13 Å². The third-order valence-electron chi connectivity index (χ3n) is 4.29. The molecule has 2 aromatic heterocycles.